The highest BCUT2D eigenvalue weighted by Gasteiger charge is 2.02. The van der Waals surface area contributed by atoms with E-state index in [9.17, 15) is 0 Å². The molecule has 1 aromatic rings. The predicted molar refractivity (Wildman–Crippen MR) is 67.8 cm³/mol. The van der Waals surface area contributed by atoms with Gasteiger partial charge in [-0.05, 0) is 35.4 Å². The van der Waals surface area contributed by atoms with Crippen molar-refractivity contribution < 1.29 is 0 Å². The van der Waals surface area contributed by atoms with Crippen molar-refractivity contribution in [1.29, 1.82) is 0 Å². The Hall–Kier alpha value is -0.100. The molecule has 0 aliphatic carbocycles. The first kappa shape index (κ1) is 12.0. The molecule has 0 aliphatic rings. The summed E-state index contributed by atoms with van der Waals surface area (Å²) in [5.41, 5.74) is 0. The molecule has 1 heterocycles. The zero-order valence-electron chi connectivity index (χ0n) is 8.00. The molecule has 0 aliphatic heterocycles. The van der Waals surface area contributed by atoms with Gasteiger partial charge in [-0.3, -0.25) is 0 Å². The van der Waals surface area contributed by atoms with Gasteiger partial charge in [0, 0.05) is 18.1 Å². The van der Waals surface area contributed by atoms with Crippen LogP contribution in [0.5, 0.6) is 0 Å². The van der Waals surface area contributed by atoms with Gasteiger partial charge in [0.25, 0.3) is 0 Å². The average molecular weight is 326 g/mol. The molecule has 0 spiro atoms. The fourth-order valence-electron chi connectivity index (χ4n) is 0.994. The minimum absolute atomic E-state index is 0.252. The number of nitrogens with one attached hydrogen (secondary N) is 1. The molecule has 1 rings (SSSR count). The van der Waals surface area contributed by atoms with Gasteiger partial charge < -0.3 is 5.32 Å². The van der Waals surface area contributed by atoms with Gasteiger partial charge in [0.15, 0.2) is 0 Å². The van der Waals surface area contributed by atoms with Crippen molar-refractivity contribution in [3.05, 3.63) is 16.1 Å². The lowest BCUT2D eigenvalue weighted by atomic mass is 10.2. The van der Waals surface area contributed by atoms with Crippen LogP contribution in [0.2, 0.25) is 0 Å². The van der Waals surface area contributed by atoms with Gasteiger partial charge in [0.1, 0.15) is 12.1 Å². The third-order valence-electron chi connectivity index (χ3n) is 1.86. The van der Waals surface area contributed by atoms with E-state index in [0.29, 0.717) is 0 Å². The Morgan fingerprint density at radius 1 is 1.64 bits per heavy atom. The van der Waals surface area contributed by atoms with Crippen LogP contribution < -0.4 is 5.32 Å². The number of nitrogens with zero attached hydrogens (tertiary/aromatic N) is 2. The van der Waals surface area contributed by atoms with Crippen LogP contribution in [0.3, 0.4) is 0 Å². The van der Waals surface area contributed by atoms with Gasteiger partial charge in [-0.25, -0.2) is 9.97 Å². The average Bonchev–Trinajstić information content (AvgIpc) is 2.20. The van der Waals surface area contributed by atoms with Crippen molar-refractivity contribution in [3.8, 4) is 0 Å². The van der Waals surface area contributed by atoms with Crippen molar-refractivity contribution >= 4 is 40.0 Å². The van der Waals surface area contributed by atoms with Crippen LogP contribution in [0.25, 0.3) is 0 Å². The minimum Gasteiger partial charge on any atom is -0.369 e. The van der Waals surface area contributed by atoms with Crippen LogP contribution in [0.4, 0.5) is 5.82 Å². The van der Waals surface area contributed by atoms with E-state index in [1.54, 1.807) is 12.5 Å². The molecule has 1 aromatic heterocycles. The van der Waals surface area contributed by atoms with E-state index in [0.717, 1.165) is 28.8 Å². The van der Waals surface area contributed by atoms with E-state index >= 15 is 0 Å². The molecule has 0 radical (unpaired) electrons. The zero-order chi connectivity index (χ0) is 10.4. The zero-order valence-corrected chi connectivity index (χ0v) is 10.9. The molecule has 3 nitrogen and oxygen atoms in total. The lowest BCUT2D eigenvalue weighted by Gasteiger charge is -2.08. The van der Waals surface area contributed by atoms with E-state index in [1.165, 1.54) is 0 Å². The van der Waals surface area contributed by atoms with Crippen molar-refractivity contribution in [2.24, 2.45) is 0 Å². The SMILES string of the molecule is CCC(Cl)CCNc1ncncc1I. The summed E-state index contributed by atoms with van der Waals surface area (Å²) in [6.45, 7) is 2.95. The van der Waals surface area contributed by atoms with Crippen molar-refractivity contribution in [1.82, 2.24) is 9.97 Å². The van der Waals surface area contributed by atoms with Gasteiger partial charge in [-0.2, -0.15) is 0 Å². The molecule has 0 saturated carbocycles. The summed E-state index contributed by atoms with van der Waals surface area (Å²) in [4.78, 5) is 8.05. The number of hydrogen-bond acceptors (Lipinski definition) is 3. The maximum Gasteiger partial charge on any atom is 0.142 e. The Balaban J connectivity index is 2.35. The second-order valence-electron chi connectivity index (χ2n) is 2.94. The van der Waals surface area contributed by atoms with Gasteiger partial charge in [0.2, 0.25) is 0 Å². The monoisotopic (exact) mass is 325 g/mol. The maximum atomic E-state index is 6.00. The molecule has 14 heavy (non-hydrogen) atoms. The second kappa shape index (κ2) is 6.40. The first-order chi connectivity index (χ1) is 6.74. The Morgan fingerprint density at radius 2 is 2.43 bits per heavy atom. The molecular formula is C9H13ClIN3. The summed E-state index contributed by atoms with van der Waals surface area (Å²) in [7, 11) is 0. The van der Waals surface area contributed by atoms with Crippen LogP contribution in [0.15, 0.2) is 12.5 Å². The number of hydrogen-bond donors (Lipinski definition) is 1. The number of halogens is 2. The first-order valence-corrected chi connectivity index (χ1v) is 6.09. The summed E-state index contributed by atoms with van der Waals surface area (Å²) in [6.07, 6.45) is 5.29. The normalized spacial score (nSPS) is 12.5. The molecule has 0 aromatic carbocycles. The molecule has 5 heteroatoms. The maximum absolute atomic E-state index is 6.00. The van der Waals surface area contributed by atoms with Crippen LogP contribution in [-0.4, -0.2) is 21.9 Å². The second-order valence-corrected chi connectivity index (χ2v) is 4.72. The van der Waals surface area contributed by atoms with Crippen molar-refractivity contribution in [2.75, 3.05) is 11.9 Å². The molecule has 0 fully saturated rings. The highest BCUT2D eigenvalue weighted by molar-refractivity contribution is 14.1. The molecule has 1 atom stereocenters. The van der Waals surface area contributed by atoms with E-state index < -0.39 is 0 Å². The Morgan fingerprint density at radius 3 is 3.07 bits per heavy atom. The molecule has 1 unspecified atom stereocenters. The summed E-state index contributed by atoms with van der Waals surface area (Å²) >= 11 is 8.20. The Kier molecular flexibility index (Phi) is 5.47. The topological polar surface area (TPSA) is 37.8 Å². The fraction of sp³-hybridized carbons (Fsp3) is 0.556. The Bertz CT molecular complexity index is 283. The fourth-order valence-corrected chi connectivity index (χ4v) is 1.59. The molecule has 0 bridgehead atoms. The smallest absolute Gasteiger partial charge is 0.142 e. The summed E-state index contributed by atoms with van der Waals surface area (Å²) in [5, 5.41) is 3.49. The van der Waals surface area contributed by atoms with E-state index in [2.05, 4.69) is 44.8 Å². The standard InChI is InChI=1S/C9H13ClIN3/c1-2-7(10)3-4-13-9-8(11)5-12-6-14-9/h5-7H,2-4H2,1H3,(H,12,13,14). The minimum atomic E-state index is 0.252. The quantitative estimate of drug-likeness (QED) is 0.668. The summed E-state index contributed by atoms with van der Waals surface area (Å²) < 4.78 is 1.03. The highest BCUT2D eigenvalue weighted by atomic mass is 127. The van der Waals surface area contributed by atoms with Crippen LogP contribution in [0.1, 0.15) is 19.8 Å². The molecule has 78 valence electrons. The molecule has 1 N–H and O–H groups in total. The largest absolute Gasteiger partial charge is 0.369 e. The first-order valence-electron chi connectivity index (χ1n) is 4.57. The van der Waals surface area contributed by atoms with Gasteiger partial charge in [-0.1, -0.05) is 6.92 Å². The van der Waals surface area contributed by atoms with Gasteiger partial charge in [0.05, 0.1) is 3.57 Å². The Labute approximate surface area is 103 Å². The van der Waals surface area contributed by atoms with E-state index in [1.807, 2.05) is 0 Å². The third kappa shape index (κ3) is 3.96. The predicted octanol–water partition coefficient (Wildman–Crippen LogP) is 2.90. The third-order valence-corrected chi connectivity index (χ3v) is 3.18. The summed E-state index contributed by atoms with van der Waals surface area (Å²) in [5.74, 6) is 0.889. The summed E-state index contributed by atoms with van der Waals surface area (Å²) in [6, 6.07) is 0. The molecular weight excluding hydrogens is 312 g/mol. The number of anilines is 1. The van der Waals surface area contributed by atoms with E-state index in [-0.39, 0.29) is 5.38 Å². The lowest BCUT2D eigenvalue weighted by molar-refractivity contribution is 0.751. The number of aromatic nitrogens is 2. The van der Waals surface area contributed by atoms with Crippen LogP contribution in [-0.2, 0) is 0 Å². The van der Waals surface area contributed by atoms with Gasteiger partial charge in [-0.15, -0.1) is 11.6 Å². The van der Waals surface area contributed by atoms with Gasteiger partial charge >= 0.3 is 0 Å². The number of alkyl halides is 1. The molecule has 0 amide bonds. The molecule has 0 saturated heterocycles. The van der Waals surface area contributed by atoms with Crippen molar-refractivity contribution in [2.45, 2.75) is 25.1 Å². The highest BCUT2D eigenvalue weighted by Crippen LogP contribution is 2.13. The van der Waals surface area contributed by atoms with Crippen LogP contribution >= 0.6 is 34.2 Å². The van der Waals surface area contributed by atoms with E-state index in [4.69, 9.17) is 11.6 Å². The van der Waals surface area contributed by atoms with Crippen LogP contribution in [0, 0.1) is 3.57 Å². The lowest BCUT2D eigenvalue weighted by Crippen LogP contribution is -2.10. The van der Waals surface area contributed by atoms with Crippen molar-refractivity contribution in [3.63, 3.8) is 0 Å². The number of rotatable bonds is 5.